The normalized spacial score (nSPS) is 14.0. The quantitative estimate of drug-likeness (QED) is 0.247. The molecule has 0 bridgehead atoms. The third-order valence-corrected chi connectivity index (χ3v) is 10.3. The molecule has 11 heteroatoms. The van der Waals surface area contributed by atoms with E-state index >= 15 is 0 Å². The van der Waals surface area contributed by atoms with Crippen molar-refractivity contribution in [3.05, 3.63) is 83.4 Å². The average molecular weight is 615 g/mol. The number of morpholine rings is 1. The minimum atomic E-state index is -3.78. The van der Waals surface area contributed by atoms with E-state index in [1.165, 1.54) is 34.8 Å². The van der Waals surface area contributed by atoms with Crippen molar-refractivity contribution in [1.82, 2.24) is 9.88 Å². The van der Waals surface area contributed by atoms with E-state index in [0.717, 1.165) is 60.6 Å². The van der Waals surface area contributed by atoms with E-state index in [4.69, 9.17) is 9.72 Å². The van der Waals surface area contributed by atoms with Gasteiger partial charge in [-0.15, -0.1) is 12.4 Å². The van der Waals surface area contributed by atoms with Gasteiger partial charge in [0.2, 0.25) is 0 Å². The molecule has 0 saturated carbocycles. The third-order valence-electron chi connectivity index (χ3n) is 7.25. The first-order valence-electron chi connectivity index (χ1n) is 13.4. The molecule has 5 rings (SSSR count). The molecule has 3 aromatic carbocycles. The zero-order chi connectivity index (χ0) is 28.3. The van der Waals surface area contributed by atoms with Crippen molar-refractivity contribution < 1.29 is 17.9 Å². The summed E-state index contributed by atoms with van der Waals surface area (Å²) in [7, 11) is -2.25. The summed E-state index contributed by atoms with van der Waals surface area (Å²) in [6.45, 7) is 8.69. The van der Waals surface area contributed by atoms with Crippen molar-refractivity contribution in [3.63, 3.8) is 0 Å². The molecule has 0 radical (unpaired) electrons. The van der Waals surface area contributed by atoms with Gasteiger partial charge in [-0.05, 0) is 67.8 Å². The molecule has 1 amide bonds. The van der Waals surface area contributed by atoms with Gasteiger partial charge in [0, 0.05) is 38.8 Å². The minimum absolute atomic E-state index is 0. The van der Waals surface area contributed by atoms with Crippen LogP contribution in [0.1, 0.15) is 27.9 Å². The summed E-state index contributed by atoms with van der Waals surface area (Å²) >= 11 is 1.52. The van der Waals surface area contributed by atoms with E-state index in [9.17, 15) is 13.2 Å². The summed E-state index contributed by atoms with van der Waals surface area (Å²) in [5.74, 6) is -0.197. The molecule has 1 fully saturated rings. The number of aryl methyl sites for hydroxylation is 2. The zero-order valence-electron chi connectivity index (χ0n) is 23.4. The van der Waals surface area contributed by atoms with Crippen molar-refractivity contribution in [2.45, 2.75) is 25.2 Å². The monoisotopic (exact) mass is 614 g/mol. The maximum absolute atomic E-state index is 13.9. The number of nitrogens with zero attached hydrogens (tertiary/aromatic N) is 4. The van der Waals surface area contributed by atoms with Gasteiger partial charge in [-0.1, -0.05) is 41.7 Å². The highest BCUT2D eigenvalue weighted by atomic mass is 35.5. The number of rotatable bonds is 9. The van der Waals surface area contributed by atoms with Crippen LogP contribution in [0.2, 0.25) is 0 Å². The Hall–Kier alpha value is -3.02. The third kappa shape index (κ3) is 6.73. The lowest BCUT2D eigenvalue weighted by molar-refractivity contribution is 0.0376. The SMILES string of the molecule is Cc1ccc(C)c2sc(N(CCCN3CCOCC3)C(=O)c3ccc(S(=O)(=O)N(C)c4ccccc4)cc3)nc12.Cl. The number of para-hydroxylation sites is 1. The van der Waals surface area contributed by atoms with Gasteiger partial charge >= 0.3 is 0 Å². The van der Waals surface area contributed by atoms with E-state index in [1.807, 2.05) is 13.0 Å². The van der Waals surface area contributed by atoms with Crippen molar-refractivity contribution in [2.75, 3.05) is 55.6 Å². The molecule has 4 aromatic rings. The summed E-state index contributed by atoms with van der Waals surface area (Å²) in [5.41, 5.74) is 4.09. The van der Waals surface area contributed by atoms with E-state index < -0.39 is 10.0 Å². The maximum Gasteiger partial charge on any atom is 0.264 e. The van der Waals surface area contributed by atoms with Crippen LogP contribution in [-0.4, -0.2) is 70.6 Å². The summed E-state index contributed by atoms with van der Waals surface area (Å²) in [6.07, 6.45) is 0.786. The van der Waals surface area contributed by atoms with Crippen molar-refractivity contribution in [3.8, 4) is 0 Å². The van der Waals surface area contributed by atoms with E-state index in [1.54, 1.807) is 41.3 Å². The summed E-state index contributed by atoms with van der Waals surface area (Å²) in [5, 5.41) is 0.653. The number of carbonyl (C=O) groups is 1. The number of fused-ring (bicyclic) bond motifs is 1. The lowest BCUT2D eigenvalue weighted by atomic mass is 10.1. The fraction of sp³-hybridized carbons (Fsp3) is 0.333. The number of anilines is 2. The van der Waals surface area contributed by atoms with Crippen molar-refractivity contribution in [1.29, 1.82) is 0 Å². The molecule has 2 heterocycles. The van der Waals surface area contributed by atoms with Gasteiger partial charge in [0.05, 0.1) is 34.0 Å². The Morgan fingerprint density at radius 3 is 2.29 bits per heavy atom. The predicted molar refractivity (Wildman–Crippen MR) is 168 cm³/mol. The van der Waals surface area contributed by atoms with E-state index in [-0.39, 0.29) is 23.2 Å². The van der Waals surface area contributed by atoms with Crippen LogP contribution in [0.15, 0.2) is 71.6 Å². The van der Waals surface area contributed by atoms with Gasteiger partial charge in [-0.2, -0.15) is 0 Å². The molecular weight excluding hydrogens is 580 g/mol. The van der Waals surface area contributed by atoms with Crippen LogP contribution in [0, 0.1) is 13.8 Å². The fourth-order valence-corrected chi connectivity index (χ4v) is 7.12. The second-order valence-corrected chi connectivity index (χ2v) is 12.9. The highest BCUT2D eigenvalue weighted by Crippen LogP contribution is 2.34. The van der Waals surface area contributed by atoms with Crippen LogP contribution in [0.5, 0.6) is 0 Å². The summed E-state index contributed by atoms with van der Waals surface area (Å²) < 4.78 is 34.2. The Morgan fingerprint density at radius 1 is 0.976 bits per heavy atom. The lowest BCUT2D eigenvalue weighted by Crippen LogP contribution is -2.39. The Morgan fingerprint density at radius 2 is 1.63 bits per heavy atom. The molecule has 0 aliphatic carbocycles. The molecule has 8 nitrogen and oxygen atoms in total. The van der Waals surface area contributed by atoms with Gasteiger partial charge in [-0.25, -0.2) is 13.4 Å². The standard InChI is InChI=1S/C30H34N4O4S2.ClH/c1-22-10-11-23(2)28-27(22)31-30(39-28)34(17-7-16-33-18-20-38-21-19-33)29(35)24-12-14-26(15-13-24)40(36,37)32(3)25-8-5-4-6-9-25;/h4-6,8-15H,7,16-21H2,1-3H3;1H. The molecule has 1 aliphatic heterocycles. The zero-order valence-corrected chi connectivity index (χ0v) is 25.9. The first-order valence-corrected chi connectivity index (χ1v) is 15.6. The molecule has 1 aromatic heterocycles. The number of halogens is 1. The maximum atomic E-state index is 13.9. The average Bonchev–Trinajstić information content (AvgIpc) is 3.44. The Kier molecular flexibility index (Phi) is 10.0. The molecular formula is C30H35ClN4O4S2. The number of benzene rings is 3. The Balaban J connectivity index is 0.00000387. The highest BCUT2D eigenvalue weighted by molar-refractivity contribution is 7.92. The smallest absolute Gasteiger partial charge is 0.264 e. The summed E-state index contributed by atoms with van der Waals surface area (Å²) in [6, 6.07) is 19.2. The number of thiazole rings is 1. The van der Waals surface area contributed by atoms with Gasteiger partial charge in [0.25, 0.3) is 15.9 Å². The number of hydrogen-bond donors (Lipinski definition) is 0. The van der Waals surface area contributed by atoms with Gasteiger partial charge < -0.3 is 4.74 Å². The predicted octanol–water partition coefficient (Wildman–Crippen LogP) is 5.53. The number of aromatic nitrogens is 1. The molecule has 0 atom stereocenters. The summed E-state index contributed by atoms with van der Waals surface area (Å²) in [4.78, 5) is 23.0. The van der Waals surface area contributed by atoms with Crippen molar-refractivity contribution >= 4 is 60.7 Å². The highest BCUT2D eigenvalue weighted by Gasteiger charge is 2.25. The minimum Gasteiger partial charge on any atom is -0.379 e. The molecule has 0 spiro atoms. The van der Waals surface area contributed by atoms with Crippen LogP contribution in [-0.2, 0) is 14.8 Å². The lowest BCUT2D eigenvalue weighted by Gasteiger charge is -2.27. The van der Waals surface area contributed by atoms with E-state index in [0.29, 0.717) is 22.9 Å². The Bertz CT molecular complexity index is 1550. The molecule has 0 unspecified atom stereocenters. The van der Waals surface area contributed by atoms with Crippen LogP contribution >= 0.6 is 23.7 Å². The number of carbonyl (C=O) groups excluding carboxylic acids is 1. The Labute approximate surface area is 252 Å². The molecule has 218 valence electrons. The topological polar surface area (TPSA) is 83.0 Å². The molecule has 41 heavy (non-hydrogen) atoms. The first-order chi connectivity index (χ1) is 19.3. The largest absolute Gasteiger partial charge is 0.379 e. The molecule has 1 aliphatic rings. The van der Waals surface area contributed by atoms with Crippen LogP contribution in [0.4, 0.5) is 10.8 Å². The first kappa shape index (κ1) is 30.9. The second-order valence-electron chi connectivity index (χ2n) is 9.97. The second kappa shape index (κ2) is 13.3. The van der Waals surface area contributed by atoms with Gasteiger partial charge in [-0.3, -0.25) is 18.9 Å². The van der Waals surface area contributed by atoms with Crippen LogP contribution in [0.3, 0.4) is 0 Å². The van der Waals surface area contributed by atoms with Gasteiger partial charge in [0.15, 0.2) is 5.13 Å². The molecule has 1 saturated heterocycles. The number of amides is 1. The fourth-order valence-electron chi connectivity index (χ4n) is 4.78. The number of ether oxygens (including phenoxy) is 1. The van der Waals surface area contributed by atoms with Crippen LogP contribution < -0.4 is 9.21 Å². The van der Waals surface area contributed by atoms with Gasteiger partial charge in [0.1, 0.15) is 0 Å². The molecule has 0 N–H and O–H groups in total. The number of hydrogen-bond acceptors (Lipinski definition) is 7. The number of sulfonamides is 1. The van der Waals surface area contributed by atoms with E-state index in [2.05, 4.69) is 24.0 Å². The van der Waals surface area contributed by atoms with Crippen molar-refractivity contribution in [2.24, 2.45) is 0 Å². The van der Waals surface area contributed by atoms with Crippen LogP contribution in [0.25, 0.3) is 10.2 Å².